The van der Waals surface area contributed by atoms with Gasteiger partial charge in [0.25, 0.3) is 5.91 Å². The number of rotatable bonds is 6. The molecule has 0 spiro atoms. The topological polar surface area (TPSA) is 45.2 Å². The molecule has 0 aliphatic rings. The van der Waals surface area contributed by atoms with E-state index in [0.717, 1.165) is 17.8 Å². The molecule has 0 aliphatic heterocycles. The molecule has 0 saturated carbocycles. The fraction of sp³-hybridized carbons (Fsp3) is 0.143. The maximum Gasteiger partial charge on any atom is 0.253 e. The number of amides is 1. The van der Waals surface area contributed by atoms with E-state index in [4.69, 9.17) is 11.6 Å². The van der Waals surface area contributed by atoms with Crippen LogP contribution in [0.1, 0.15) is 21.5 Å². The van der Waals surface area contributed by atoms with E-state index in [1.165, 1.54) is 5.56 Å². The molecule has 0 saturated heterocycles. The highest BCUT2D eigenvalue weighted by Gasteiger charge is 2.09. The third-order valence-electron chi connectivity index (χ3n) is 4.06. The first-order valence-corrected chi connectivity index (χ1v) is 8.72. The molecular formula is C21H20ClN3O. The summed E-state index contributed by atoms with van der Waals surface area (Å²) in [5.74, 6) is -0.151. The van der Waals surface area contributed by atoms with Crippen LogP contribution in [0.15, 0.2) is 73.1 Å². The smallest absolute Gasteiger partial charge is 0.253 e. The van der Waals surface area contributed by atoms with Crippen LogP contribution in [0.25, 0.3) is 0 Å². The molecule has 1 aromatic heterocycles. The number of anilines is 1. The van der Waals surface area contributed by atoms with Gasteiger partial charge in [-0.25, -0.2) is 0 Å². The highest BCUT2D eigenvalue weighted by atomic mass is 35.5. The van der Waals surface area contributed by atoms with Crippen LogP contribution in [0.2, 0.25) is 5.02 Å². The molecule has 1 N–H and O–H groups in total. The van der Waals surface area contributed by atoms with Crippen LogP contribution in [-0.4, -0.2) is 17.9 Å². The van der Waals surface area contributed by atoms with Gasteiger partial charge in [0.2, 0.25) is 0 Å². The van der Waals surface area contributed by atoms with Crippen molar-refractivity contribution < 1.29 is 4.79 Å². The summed E-state index contributed by atoms with van der Waals surface area (Å²) < 4.78 is 0. The lowest BCUT2D eigenvalue weighted by molar-refractivity contribution is 0.0950. The average Bonchev–Trinajstić information content (AvgIpc) is 2.68. The third-order valence-corrected chi connectivity index (χ3v) is 4.31. The molecule has 0 unspecified atom stereocenters. The van der Waals surface area contributed by atoms with Gasteiger partial charge >= 0.3 is 0 Å². The highest BCUT2D eigenvalue weighted by molar-refractivity contribution is 6.30. The molecule has 1 heterocycles. The summed E-state index contributed by atoms with van der Waals surface area (Å²) in [6.45, 7) is 1.19. The van der Waals surface area contributed by atoms with Gasteiger partial charge in [-0.1, -0.05) is 54.1 Å². The Labute approximate surface area is 158 Å². The van der Waals surface area contributed by atoms with Crippen LogP contribution in [0.5, 0.6) is 0 Å². The lowest BCUT2D eigenvalue weighted by Crippen LogP contribution is -2.24. The molecule has 0 atom stereocenters. The summed E-state index contributed by atoms with van der Waals surface area (Å²) in [5.41, 5.74) is 3.63. The number of carbonyl (C=O) groups is 1. The van der Waals surface area contributed by atoms with Gasteiger partial charge in [0.05, 0.1) is 17.4 Å². The minimum absolute atomic E-state index is 0.151. The minimum Gasteiger partial charge on any atom is -0.369 e. The van der Waals surface area contributed by atoms with E-state index in [0.29, 0.717) is 17.1 Å². The Morgan fingerprint density at radius 2 is 1.77 bits per heavy atom. The number of nitrogens with zero attached hydrogens (tertiary/aromatic N) is 2. The summed E-state index contributed by atoms with van der Waals surface area (Å²) in [6, 6.07) is 19.4. The van der Waals surface area contributed by atoms with Crippen molar-refractivity contribution in [2.45, 2.75) is 13.1 Å². The van der Waals surface area contributed by atoms with Gasteiger partial charge in [0.1, 0.15) is 0 Å². The molecule has 26 heavy (non-hydrogen) atoms. The Hall–Kier alpha value is -2.85. The van der Waals surface area contributed by atoms with Crippen molar-refractivity contribution in [3.05, 3.63) is 94.8 Å². The molecule has 1 amide bonds. The molecule has 132 valence electrons. The largest absolute Gasteiger partial charge is 0.369 e. The van der Waals surface area contributed by atoms with Crippen molar-refractivity contribution in [1.82, 2.24) is 10.3 Å². The predicted octanol–water partition coefficient (Wildman–Crippen LogP) is 4.30. The normalized spacial score (nSPS) is 10.4. The van der Waals surface area contributed by atoms with Gasteiger partial charge in [-0.05, 0) is 29.3 Å². The number of halogens is 1. The zero-order valence-corrected chi connectivity index (χ0v) is 15.3. The molecule has 3 rings (SSSR count). The molecule has 2 aromatic carbocycles. The summed E-state index contributed by atoms with van der Waals surface area (Å²) in [4.78, 5) is 18.7. The SMILES string of the molecule is CN(Cc1ccccc1)c1cncc(C(=O)NCc2ccc(Cl)cc2)c1. The number of pyridine rings is 1. The quantitative estimate of drug-likeness (QED) is 0.708. The minimum atomic E-state index is -0.151. The van der Waals surface area contributed by atoms with Gasteiger partial charge < -0.3 is 10.2 Å². The Balaban J connectivity index is 1.64. The fourth-order valence-electron chi connectivity index (χ4n) is 2.60. The molecule has 0 radical (unpaired) electrons. The fourth-order valence-corrected chi connectivity index (χ4v) is 2.72. The lowest BCUT2D eigenvalue weighted by atomic mass is 10.2. The van der Waals surface area contributed by atoms with Crippen molar-refractivity contribution in [2.75, 3.05) is 11.9 Å². The first kappa shape index (κ1) is 18.0. The second-order valence-electron chi connectivity index (χ2n) is 6.08. The molecule has 0 bridgehead atoms. The van der Waals surface area contributed by atoms with Crippen molar-refractivity contribution in [2.24, 2.45) is 0 Å². The molecule has 4 nitrogen and oxygen atoms in total. The summed E-state index contributed by atoms with van der Waals surface area (Å²) in [7, 11) is 1.99. The van der Waals surface area contributed by atoms with Crippen LogP contribution in [0.4, 0.5) is 5.69 Å². The number of aromatic nitrogens is 1. The molecule has 0 fully saturated rings. The van der Waals surface area contributed by atoms with Crippen LogP contribution in [0, 0.1) is 0 Å². The van der Waals surface area contributed by atoms with E-state index in [1.807, 2.05) is 55.6 Å². The lowest BCUT2D eigenvalue weighted by Gasteiger charge is -2.19. The standard InChI is InChI=1S/C21H20ClN3O/c1-25(15-17-5-3-2-4-6-17)20-11-18(13-23-14-20)21(26)24-12-16-7-9-19(22)10-8-16/h2-11,13-14H,12,15H2,1H3,(H,24,26). The third kappa shape index (κ3) is 4.83. The van der Waals surface area contributed by atoms with Crippen LogP contribution < -0.4 is 10.2 Å². The van der Waals surface area contributed by atoms with Gasteiger partial charge in [0, 0.05) is 31.4 Å². The maximum atomic E-state index is 12.4. The van der Waals surface area contributed by atoms with Gasteiger partial charge in [0.15, 0.2) is 0 Å². The Morgan fingerprint density at radius 1 is 1.04 bits per heavy atom. The second-order valence-corrected chi connectivity index (χ2v) is 6.52. The van der Waals surface area contributed by atoms with E-state index in [9.17, 15) is 4.79 Å². The van der Waals surface area contributed by atoms with Crippen molar-refractivity contribution >= 4 is 23.2 Å². The van der Waals surface area contributed by atoms with Crippen molar-refractivity contribution in [3.8, 4) is 0 Å². The Morgan fingerprint density at radius 3 is 2.50 bits per heavy atom. The molecule has 5 heteroatoms. The number of carbonyl (C=O) groups excluding carboxylic acids is 1. The van der Waals surface area contributed by atoms with Gasteiger partial charge in [-0.2, -0.15) is 0 Å². The van der Waals surface area contributed by atoms with Crippen molar-refractivity contribution in [3.63, 3.8) is 0 Å². The van der Waals surface area contributed by atoms with E-state index < -0.39 is 0 Å². The van der Waals surface area contributed by atoms with Crippen LogP contribution in [-0.2, 0) is 13.1 Å². The van der Waals surface area contributed by atoms with E-state index in [1.54, 1.807) is 12.4 Å². The number of hydrogen-bond acceptors (Lipinski definition) is 3. The van der Waals surface area contributed by atoms with E-state index in [-0.39, 0.29) is 5.91 Å². The highest BCUT2D eigenvalue weighted by Crippen LogP contribution is 2.16. The van der Waals surface area contributed by atoms with Gasteiger partial charge in [-0.15, -0.1) is 0 Å². The second kappa shape index (κ2) is 8.50. The zero-order chi connectivity index (χ0) is 18.4. The predicted molar refractivity (Wildman–Crippen MR) is 105 cm³/mol. The maximum absolute atomic E-state index is 12.4. The number of nitrogens with one attached hydrogen (secondary N) is 1. The first-order valence-electron chi connectivity index (χ1n) is 8.34. The van der Waals surface area contributed by atoms with Crippen LogP contribution in [0.3, 0.4) is 0 Å². The summed E-state index contributed by atoms with van der Waals surface area (Å²) in [5, 5.41) is 3.59. The number of hydrogen-bond donors (Lipinski definition) is 1. The Bertz CT molecular complexity index is 866. The Kier molecular flexibility index (Phi) is 5.87. The summed E-state index contributed by atoms with van der Waals surface area (Å²) in [6.07, 6.45) is 3.34. The first-order chi connectivity index (χ1) is 12.6. The molecular weight excluding hydrogens is 346 g/mol. The summed E-state index contributed by atoms with van der Waals surface area (Å²) >= 11 is 5.88. The molecule has 3 aromatic rings. The zero-order valence-electron chi connectivity index (χ0n) is 14.5. The van der Waals surface area contributed by atoms with E-state index in [2.05, 4.69) is 27.3 Å². The van der Waals surface area contributed by atoms with Crippen LogP contribution >= 0.6 is 11.6 Å². The monoisotopic (exact) mass is 365 g/mol. The average molecular weight is 366 g/mol. The van der Waals surface area contributed by atoms with Crippen molar-refractivity contribution in [1.29, 1.82) is 0 Å². The molecule has 0 aliphatic carbocycles. The van der Waals surface area contributed by atoms with E-state index >= 15 is 0 Å². The van der Waals surface area contributed by atoms with Gasteiger partial charge in [-0.3, -0.25) is 9.78 Å². The number of benzene rings is 2.